The molecule has 1 aromatic rings. The van der Waals surface area contributed by atoms with E-state index in [4.69, 9.17) is 0 Å². The lowest BCUT2D eigenvalue weighted by Crippen LogP contribution is -2.48. The molecule has 1 N–H and O–H groups in total. The SMILES string of the molecule is CC(C)CN1CCN(C2CCCc3c(O)cccc32)CC1. The first-order valence-electron chi connectivity index (χ1n) is 8.42. The van der Waals surface area contributed by atoms with Crippen molar-refractivity contribution < 1.29 is 5.11 Å². The number of rotatable bonds is 3. The number of phenolic OH excluding ortho intramolecular Hbond substituents is 1. The third-order valence-corrected chi connectivity index (χ3v) is 4.92. The second-order valence-corrected chi connectivity index (χ2v) is 6.98. The Morgan fingerprint density at radius 3 is 2.67 bits per heavy atom. The Labute approximate surface area is 128 Å². The zero-order chi connectivity index (χ0) is 14.8. The Morgan fingerprint density at radius 1 is 1.19 bits per heavy atom. The van der Waals surface area contributed by atoms with Crippen LogP contribution in [0, 0.1) is 5.92 Å². The fourth-order valence-electron chi connectivity index (χ4n) is 3.96. The molecule has 2 aliphatic rings. The van der Waals surface area contributed by atoms with Gasteiger partial charge in [0.1, 0.15) is 5.75 Å². The van der Waals surface area contributed by atoms with Crippen molar-refractivity contribution >= 4 is 0 Å². The van der Waals surface area contributed by atoms with Crippen LogP contribution in [0.4, 0.5) is 0 Å². The van der Waals surface area contributed by atoms with Gasteiger partial charge in [0, 0.05) is 38.8 Å². The number of aromatic hydroxyl groups is 1. The van der Waals surface area contributed by atoms with Gasteiger partial charge < -0.3 is 10.0 Å². The van der Waals surface area contributed by atoms with Crippen molar-refractivity contribution in [2.24, 2.45) is 5.92 Å². The van der Waals surface area contributed by atoms with Gasteiger partial charge in [-0.25, -0.2) is 0 Å². The molecule has 1 aliphatic heterocycles. The molecule has 116 valence electrons. The molecule has 1 aliphatic carbocycles. The number of nitrogens with zero attached hydrogens (tertiary/aromatic N) is 2. The van der Waals surface area contributed by atoms with Gasteiger partial charge in [0.05, 0.1) is 0 Å². The first kappa shape index (κ1) is 14.9. The lowest BCUT2D eigenvalue weighted by molar-refractivity contribution is 0.0815. The van der Waals surface area contributed by atoms with Crippen LogP contribution in [0.25, 0.3) is 0 Å². The summed E-state index contributed by atoms with van der Waals surface area (Å²) in [6.07, 6.45) is 3.47. The molecule has 3 nitrogen and oxygen atoms in total. The summed E-state index contributed by atoms with van der Waals surface area (Å²) in [5.41, 5.74) is 2.57. The lowest BCUT2D eigenvalue weighted by Gasteiger charge is -2.42. The molecule has 1 aromatic carbocycles. The molecule has 1 heterocycles. The van der Waals surface area contributed by atoms with Crippen molar-refractivity contribution in [1.82, 2.24) is 9.80 Å². The molecular weight excluding hydrogens is 260 g/mol. The van der Waals surface area contributed by atoms with Crippen LogP contribution in [0.15, 0.2) is 18.2 Å². The van der Waals surface area contributed by atoms with Gasteiger partial charge in [-0.1, -0.05) is 26.0 Å². The molecule has 0 bridgehead atoms. The van der Waals surface area contributed by atoms with Gasteiger partial charge >= 0.3 is 0 Å². The van der Waals surface area contributed by atoms with E-state index in [1.807, 2.05) is 12.1 Å². The minimum absolute atomic E-state index is 0.496. The van der Waals surface area contributed by atoms with Crippen LogP contribution in [-0.2, 0) is 6.42 Å². The summed E-state index contributed by atoms with van der Waals surface area (Å²) < 4.78 is 0. The zero-order valence-corrected chi connectivity index (χ0v) is 13.4. The molecule has 3 rings (SSSR count). The van der Waals surface area contributed by atoms with Crippen LogP contribution in [0.2, 0.25) is 0 Å². The van der Waals surface area contributed by atoms with E-state index in [-0.39, 0.29) is 0 Å². The zero-order valence-electron chi connectivity index (χ0n) is 13.4. The molecule has 1 saturated heterocycles. The fourth-order valence-corrected chi connectivity index (χ4v) is 3.96. The topological polar surface area (TPSA) is 26.7 Å². The number of hydrogen-bond acceptors (Lipinski definition) is 3. The third kappa shape index (κ3) is 3.24. The maximum Gasteiger partial charge on any atom is 0.119 e. The number of benzene rings is 1. The number of piperazine rings is 1. The highest BCUT2D eigenvalue weighted by atomic mass is 16.3. The second kappa shape index (κ2) is 6.37. The molecule has 0 aromatic heterocycles. The summed E-state index contributed by atoms with van der Waals surface area (Å²) in [5, 5.41) is 10.1. The van der Waals surface area contributed by atoms with Crippen molar-refractivity contribution in [1.29, 1.82) is 0 Å². The van der Waals surface area contributed by atoms with E-state index in [2.05, 4.69) is 29.7 Å². The minimum Gasteiger partial charge on any atom is -0.508 e. The average molecular weight is 288 g/mol. The smallest absolute Gasteiger partial charge is 0.119 e. The van der Waals surface area contributed by atoms with Gasteiger partial charge in [-0.3, -0.25) is 4.90 Å². The average Bonchev–Trinajstić information content (AvgIpc) is 2.48. The fraction of sp³-hybridized carbons (Fsp3) is 0.667. The summed E-state index contributed by atoms with van der Waals surface area (Å²) in [6, 6.07) is 6.57. The highest BCUT2D eigenvalue weighted by Crippen LogP contribution is 2.38. The monoisotopic (exact) mass is 288 g/mol. The summed E-state index contributed by atoms with van der Waals surface area (Å²) in [5.74, 6) is 1.25. The first-order chi connectivity index (χ1) is 10.1. The van der Waals surface area contributed by atoms with Crippen LogP contribution < -0.4 is 0 Å². The largest absolute Gasteiger partial charge is 0.508 e. The molecule has 1 atom stereocenters. The quantitative estimate of drug-likeness (QED) is 0.926. The predicted octanol–water partition coefficient (Wildman–Crippen LogP) is 3.04. The predicted molar refractivity (Wildman–Crippen MR) is 86.6 cm³/mol. The summed E-state index contributed by atoms with van der Waals surface area (Å²) in [6.45, 7) is 10.5. The lowest BCUT2D eigenvalue weighted by atomic mass is 9.86. The Bertz CT molecular complexity index is 478. The molecular formula is C18H28N2O. The second-order valence-electron chi connectivity index (χ2n) is 6.98. The molecule has 0 spiro atoms. The Balaban J connectivity index is 1.69. The summed E-state index contributed by atoms with van der Waals surface area (Å²) >= 11 is 0. The van der Waals surface area contributed by atoms with Gasteiger partial charge in [-0.05, 0) is 42.4 Å². The van der Waals surface area contributed by atoms with Gasteiger partial charge in [0.15, 0.2) is 0 Å². The van der Waals surface area contributed by atoms with Crippen LogP contribution in [0.3, 0.4) is 0 Å². The molecule has 21 heavy (non-hydrogen) atoms. The van der Waals surface area contributed by atoms with Crippen LogP contribution >= 0.6 is 0 Å². The van der Waals surface area contributed by atoms with E-state index in [1.54, 1.807) is 0 Å². The van der Waals surface area contributed by atoms with Crippen molar-refractivity contribution in [2.45, 2.75) is 39.2 Å². The summed E-state index contributed by atoms with van der Waals surface area (Å²) in [4.78, 5) is 5.22. The van der Waals surface area contributed by atoms with E-state index in [1.165, 1.54) is 43.6 Å². The van der Waals surface area contributed by atoms with Crippen LogP contribution in [0.1, 0.15) is 43.9 Å². The molecule has 0 saturated carbocycles. The van der Waals surface area contributed by atoms with E-state index >= 15 is 0 Å². The number of hydrogen-bond donors (Lipinski definition) is 1. The Kier molecular flexibility index (Phi) is 4.51. The molecule has 1 unspecified atom stereocenters. The highest BCUT2D eigenvalue weighted by Gasteiger charge is 2.29. The van der Waals surface area contributed by atoms with E-state index in [9.17, 15) is 5.11 Å². The van der Waals surface area contributed by atoms with Gasteiger partial charge in [-0.15, -0.1) is 0 Å². The molecule has 0 radical (unpaired) electrons. The van der Waals surface area contributed by atoms with Crippen LogP contribution in [-0.4, -0.2) is 47.6 Å². The van der Waals surface area contributed by atoms with Gasteiger partial charge in [-0.2, -0.15) is 0 Å². The molecule has 0 amide bonds. The van der Waals surface area contributed by atoms with Gasteiger partial charge in [0.2, 0.25) is 0 Å². The van der Waals surface area contributed by atoms with E-state index < -0.39 is 0 Å². The van der Waals surface area contributed by atoms with E-state index in [0.717, 1.165) is 25.4 Å². The van der Waals surface area contributed by atoms with Crippen molar-refractivity contribution in [2.75, 3.05) is 32.7 Å². The maximum atomic E-state index is 10.1. The minimum atomic E-state index is 0.496. The van der Waals surface area contributed by atoms with Crippen molar-refractivity contribution in [3.8, 4) is 5.75 Å². The van der Waals surface area contributed by atoms with Crippen LogP contribution in [0.5, 0.6) is 5.75 Å². The van der Waals surface area contributed by atoms with Gasteiger partial charge in [0.25, 0.3) is 0 Å². The highest BCUT2D eigenvalue weighted by molar-refractivity contribution is 5.42. The standard InChI is InChI=1S/C18H28N2O/c1-14(2)13-19-9-11-20(12-10-19)17-7-3-6-16-15(17)5-4-8-18(16)21/h4-5,8,14,17,21H,3,6-7,9-13H2,1-2H3. The third-order valence-electron chi connectivity index (χ3n) is 4.92. The van der Waals surface area contributed by atoms with E-state index in [0.29, 0.717) is 11.8 Å². The van der Waals surface area contributed by atoms with Crippen molar-refractivity contribution in [3.63, 3.8) is 0 Å². The normalized spacial score (nSPS) is 24.2. The number of phenols is 1. The Morgan fingerprint density at radius 2 is 1.95 bits per heavy atom. The Hall–Kier alpha value is -1.06. The molecule has 3 heteroatoms. The first-order valence-corrected chi connectivity index (χ1v) is 8.42. The number of fused-ring (bicyclic) bond motifs is 1. The molecule has 1 fully saturated rings. The maximum absolute atomic E-state index is 10.1. The van der Waals surface area contributed by atoms with Crippen molar-refractivity contribution in [3.05, 3.63) is 29.3 Å². The summed E-state index contributed by atoms with van der Waals surface area (Å²) in [7, 11) is 0.